The number of hydrogen-bond donors (Lipinski definition) is 0. The highest BCUT2D eigenvalue weighted by molar-refractivity contribution is 7.19. The number of non-ortho nitro benzene ring substituents is 1. The van der Waals surface area contributed by atoms with E-state index in [2.05, 4.69) is 132 Å². The van der Waals surface area contributed by atoms with E-state index in [1.807, 2.05) is 87.0 Å². The quantitative estimate of drug-likeness (QED) is 0.0598. The number of pyridine rings is 2. The van der Waals surface area contributed by atoms with Gasteiger partial charge >= 0.3 is 11.8 Å². The second-order valence-corrected chi connectivity index (χ2v) is 15.0. The minimum absolute atomic E-state index is 0.0211. The van der Waals surface area contributed by atoms with Crippen LogP contribution in [0, 0.1) is 10.1 Å². The van der Waals surface area contributed by atoms with Crippen LogP contribution >= 0.6 is 11.6 Å². The summed E-state index contributed by atoms with van der Waals surface area (Å²) in [4.78, 5) is 23.8. The summed E-state index contributed by atoms with van der Waals surface area (Å²) in [6.07, 6.45) is 6.23. The Labute approximate surface area is 355 Å². The number of anilines is 2. The molecule has 0 aliphatic rings. The molecule has 0 atom stereocenters. The van der Waals surface area contributed by atoms with Crippen molar-refractivity contribution in [3.8, 4) is 11.8 Å². The van der Waals surface area contributed by atoms with Crippen LogP contribution in [0.4, 0.5) is 28.6 Å². The van der Waals surface area contributed by atoms with Gasteiger partial charge in [-0.25, -0.2) is 9.13 Å². The smallest absolute Gasteiger partial charge is 0.350 e. The van der Waals surface area contributed by atoms with E-state index in [0.717, 1.165) is 11.4 Å². The maximum atomic E-state index is 11.0. The molecule has 8 aromatic rings. The Bertz CT molecular complexity index is 2480. The maximum absolute atomic E-state index is 11.0. The first-order chi connectivity index (χ1) is 29.1. The van der Waals surface area contributed by atoms with Crippen molar-refractivity contribution >= 4 is 68.2 Å². The topological polar surface area (TPSA) is 97.3 Å². The summed E-state index contributed by atoms with van der Waals surface area (Å²) >= 11 is 6.73. The Morgan fingerprint density at radius 1 is 0.550 bits per heavy atom. The number of nitro groups is 1. The summed E-state index contributed by atoms with van der Waals surface area (Å²) in [6, 6.07) is 57.2. The zero-order chi connectivity index (χ0) is 42.1. The monoisotopic (exact) mass is 810 g/mol. The van der Waals surface area contributed by atoms with Crippen LogP contribution in [0.2, 0.25) is 5.02 Å². The molecule has 8 rings (SSSR count). The minimum Gasteiger partial charge on any atom is -0.435 e. The van der Waals surface area contributed by atoms with E-state index >= 15 is 0 Å². The molecule has 0 amide bonds. The highest BCUT2D eigenvalue weighted by atomic mass is 35.5. The summed E-state index contributed by atoms with van der Waals surface area (Å²) in [7, 11) is 7.85. The van der Waals surface area contributed by atoms with Gasteiger partial charge in [-0.15, -0.1) is 0 Å². The van der Waals surface area contributed by atoms with E-state index in [4.69, 9.17) is 16.6 Å². The number of nitro benzene ring substituents is 1. The summed E-state index contributed by atoms with van der Waals surface area (Å²) in [6.45, 7) is 0. The van der Waals surface area contributed by atoms with Crippen molar-refractivity contribution in [2.75, 3.05) is 38.0 Å². The second-order valence-electron chi connectivity index (χ2n) is 14.6. The Kier molecular flexibility index (Phi) is 12.6. The van der Waals surface area contributed by atoms with Gasteiger partial charge in [-0.05, 0) is 28.6 Å². The molecule has 3 heterocycles. The molecular formula is C48H44BClN8O2. The van der Waals surface area contributed by atoms with E-state index in [-0.39, 0.29) is 16.5 Å². The molecule has 0 radical (unpaired) electrons. The molecule has 12 heteroatoms. The second kappa shape index (κ2) is 18.5. The van der Waals surface area contributed by atoms with Gasteiger partial charge in [0.2, 0.25) is 0 Å². The SMILES string of the molecule is CN(C)c1cc[n+](-c2nc([N-]c3ccc([N+](=O)[O-])cc3)c(Cl)c(-[n+]3ccc(N(C)C)cc3)n2)cc1.c1ccc([B-](c2ccccc2)(c2ccccc2)c2ccccc2)cc1. The van der Waals surface area contributed by atoms with Crippen molar-refractivity contribution in [3.05, 3.63) is 215 Å². The van der Waals surface area contributed by atoms with Crippen LogP contribution in [0.25, 0.3) is 17.1 Å². The van der Waals surface area contributed by atoms with Crippen molar-refractivity contribution in [1.82, 2.24) is 9.97 Å². The average Bonchev–Trinajstić information content (AvgIpc) is 3.29. The molecular weight excluding hydrogens is 767 g/mol. The molecule has 10 nitrogen and oxygen atoms in total. The van der Waals surface area contributed by atoms with Crippen LogP contribution in [-0.4, -0.2) is 49.2 Å². The molecule has 0 saturated heterocycles. The van der Waals surface area contributed by atoms with Gasteiger partial charge in [0.25, 0.3) is 5.69 Å². The van der Waals surface area contributed by atoms with Crippen LogP contribution in [0.15, 0.2) is 195 Å². The zero-order valence-electron chi connectivity index (χ0n) is 33.8. The first-order valence-corrected chi connectivity index (χ1v) is 19.8. The number of aromatic nitrogens is 4. The van der Waals surface area contributed by atoms with Gasteiger partial charge in [-0.2, -0.15) is 21.9 Å². The number of hydrogen-bond acceptors (Lipinski definition) is 6. The lowest BCUT2D eigenvalue weighted by atomic mass is 9.13. The Hall–Kier alpha value is -7.37. The lowest BCUT2D eigenvalue weighted by molar-refractivity contribution is -0.614. The summed E-state index contributed by atoms with van der Waals surface area (Å²) < 4.78 is 3.57. The van der Waals surface area contributed by atoms with E-state index < -0.39 is 11.1 Å². The summed E-state index contributed by atoms with van der Waals surface area (Å²) in [5.74, 6) is 1.07. The van der Waals surface area contributed by atoms with E-state index in [1.165, 1.54) is 34.0 Å². The first-order valence-electron chi connectivity index (χ1n) is 19.4. The normalized spacial score (nSPS) is 10.9. The lowest BCUT2D eigenvalue weighted by Crippen LogP contribution is -2.74. The average molecular weight is 811 g/mol. The van der Waals surface area contributed by atoms with Gasteiger partial charge in [0.05, 0.1) is 29.7 Å². The number of benzene rings is 5. The van der Waals surface area contributed by atoms with E-state index in [9.17, 15) is 10.1 Å². The highest BCUT2D eigenvalue weighted by Gasteiger charge is 2.31. The molecule has 60 heavy (non-hydrogen) atoms. The molecule has 0 aliphatic heterocycles. The molecule has 0 N–H and O–H groups in total. The molecule has 5 aromatic carbocycles. The predicted octanol–water partition coefficient (Wildman–Crippen LogP) is 7.12. The largest absolute Gasteiger partial charge is 0.435 e. The third-order valence-corrected chi connectivity index (χ3v) is 10.8. The van der Waals surface area contributed by atoms with Crippen molar-refractivity contribution in [2.45, 2.75) is 0 Å². The molecule has 0 fully saturated rings. The van der Waals surface area contributed by atoms with Crippen LogP contribution in [0.3, 0.4) is 0 Å². The summed E-state index contributed by atoms with van der Waals surface area (Å²) in [5.41, 5.74) is 7.87. The van der Waals surface area contributed by atoms with Crippen molar-refractivity contribution in [1.29, 1.82) is 0 Å². The highest BCUT2D eigenvalue weighted by Crippen LogP contribution is 2.36. The molecule has 0 spiro atoms. The fourth-order valence-electron chi connectivity index (χ4n) is 7.37. The number of halogens is 1. The Balaban J connectivity index is 0.000000191. The van der Waals surface area contributed by atoms with Gasteiger partial charge < -0.3 is 20.1 Å². The zero-order valence-corrected chi connectivity index (χ0v) is 34.6. The minimum atomic E-state index is -1.22. The summed E-state index contributed by atoms with van der Waals surface area (Å²) in [5, 5.41) is 15.8. The van der Waals surface area contributed by atoms with Crippen LogP contribution < -0.4 is 40.8 Å². The Morgan fingerprint density at radius 3 is 1.30 bits per heavy atom. The van der Waals surface area contributed by atoms with Crippen molar-refractivity contribution in [3.63, 3.8) is 0 Å². The van der Waals surface area contributed by atoms with Gasteiger partial charge in [0, 0.05) is 63.8 Å². The lowest BCUT2D eigenvalue weighted by Gasteiger charge is -2.44. The fourth-order valence-corrected chi connectivity index (χ4v) is 7.60. The molecule has 0 saturated carbocycles. The van der Waals surface area contributed by atoms with Crippen molar-refractivity contribution in [2.24, 2.45) is 0 Å². The fraction of sp³-hybridized carbons (Fsp3) is 0.0833. The molecule has 0 bridgehead atoms. The van der Waals surface area contributed by atoms with Crippen LogP contribution in [-0.2, 0) is 0 Å². The van der Waals surface area contributed by atoms with Crippen LogP contribution in [0.1, 0.15) is 0 Å². The standard InChI is InChI=1S/C24H20B.C24H24ClN8O2/c1-5-13-21(14-6-1)25(22-15-7-2-8-16-22,23-17-9-3-10-18-23)24-19-11-4-12-20-24;1-29(2)18-9-13-31(14-10-18)23-21(25)22(26-17-5-7-20(8-6-17)33(34)35)27-24(28-23)32-15-11-19(12-16-32)30(3)4/h1-20H;5-16H,1-4H3/q-1;+1. The third-order valence-electron chi connectivity index (χ3n) is 10.4. The van der Waals surface area contributed by atoms with Gasteiger partial charge in [-0.3, -0.25) is 10.1 Å². The third kappa shape index (κ3) is 8.86. The van der Waals surface area contributed by atoms with Crippen LogP contribution in [0.5, 0.6) is 0 Å². The maximum Gasteiger partial charge on any atom is 0.350 e. The van der Waals surface area contributed by atoms with E-state index in [0.29, 0.717) is 17.5 Å². The van der Waals surface area contributed by atoms with Gasteiger partial charge in [0.1, 0.15) is 11.2 Å². The predicted molar refractivity (Wildman–Crippen MR) is 245 cm³/mol. The van der Waals surface area contributed by atoms with Crippen molar-refractivity contribution < 1.29 is 14.1 Å². The number of nitrogens with zero attached hydrogens (tertiary/aromatic N) is 8. The molecule has 0 unspecified atom stereocenters. The molecule has 298 valence electrons. The first kappa shape index (κ1) is 40.8. The van der Waals surface area contributed by atoms with E-state index in [1.54, 1.807) is 21.3 Å². The Morgan fingerprint density at radius 2 is 0.933 bits per heavy atom. The number of rotatable bonds is 11. The van der Waals surface area contributed by atoms with Gasteiger partial charge in [-0.1, -0.05) is 145 Å². The molecule has 3 aromatic heterocycles. The molecule has 0 aliphatic carbocycles. The van der Waals surface area contributed by atoms with Gasteiger partial charge in [0.15, 0.2) is 0 Å².